The van der Waals surface area contributed by atoms with Crippen molar-refractivity contribution in [1.29, 1.82) is 0 Å². The molecule has 0 amide bonds. The number of benzene rings is 1. The predicted octanol–water partition coefficient (Wildman–Crippen LogP) is 4.59. The van der Waals surface area contributed by atoms with Crippen molar-refractivity contribution < 1.29 is 4.39 Å². The maximum Gasteiger partial charge on any atom is 0.127 e. The third kappa shape index (κ3) is 2.94. The number of halogens is 3. The Kier molecular flexibility index (Phi) is 3.68. The molecule has 2 rings (SSSR count). The van der Waals surface area contributed by atoms with Gasteiger partial charge in [-0.1, -0.05) is 33.6 Å². The summed E-state index contributed by atoms with van der Waals surface area (Å²) in [7, 11) is 0. The van der Waals surface area contributed by atoms with E-state index in [2.05, 4.69) is 15.9 Å². The lowest BCUT2D eigenvalue weighted by molar-refractivity contribution is 0.522. The van der Waals surface area contributed by atoms with E-state index in [1.807, 2.05) is 0 Å². The zero-order chi connectivity index (χ0) is 10.8. The van der Waals surface area contributed by atoms with Gasteiger partial charge < -0.3 is 0 Å². The SMILES string of the molecule is Fc1cc(Cl)ccc1CC1CCC(Br)C1. The minimum Gasteiger partial charge on any atom is -0.207 e. The summed E-state index contributed by atoms with van der Waals surface area (Å²) >= 11 is 9.32. The van der Waals surface area contributed by atoms with E-state index >= 15 is 0 Å². The molecule has 3 heteroatoms. The minimum absolute atomic E-state index is 0.166. The number of alkyl halides is 1. The molecule has 1 fully saturated rings. The Hall–Kier alpha value is -0.0800. The highest BCUT2D eigenvalue weighted by atomic mass is 79.9. The standard InChI is InChI=1S/C12H13BrClF/c13-10-3-1-8(6-10)5-9-2-4-11(14)7-12(9)15/h2,4,7-8,10H,1,3,5-6H2. The fourth-order valence-corrected chi connectivity index (χ4v) is 3.15. The van der Waals surface area contributed by atoms with Crippen LogP contribution in [0.2, 0.25) is 5.02 Å². The molecule has 82 valence electrons. The van der Waals surface area contributed by atoms with Crippen LogP contribution in [0, 0.1) is 11.7 Å². The molecule has 1 saturated carbocycles. The highest BCUT2D eigenvalue weighted by Crippen LogP contribution is 2.33. The quantitative estimate of drug-likeness (QED) is 0.699. The van der Waals surface area contributed by atoms with Gasteiger partial charge >= 0.3 is 0 Å². The number of hydrogen-bond acceptors (Lipinski definition) is 0. The topological polar surface area (TPSA) is 0 Å². The summed E-state index contributed by atoms with van der Waals surface area (Å²) in [5.41, 5.74) is 0.797. The van der Waals surface area contributed by atoms with E-state index in [-0.39, 0.29) is 5.82 Å². The largest absolute Gasteiger partial charge is 0.207 e. The highest BCUT2D eigenvalue weighted by molar-refractivity contribution is 9.09. The molecule has 15 heavy (non-hydrogen) atoms. The summed E-state index contributed by atoms with van der Waals surface area (Å²) in [6.07, 6.45) is 4.39. The molecular weight excluding hydrogens is 278 g/mol. The van der Waals surface area contributed by atoms with Crippen LogP contribution in [0.15, 0.2) is 18.2 Å². The van der Waals surface area contributed by atoms with Gasteiger partial charge in [0.05, 0.1) is 0 Å². The van der Waals surface area contributed by atoms with Crippen LogP contribution in [0.3, 0.4) is 0 Å². The molecule has 0 spiro atoms. The Morgan fingerprint density at radius 3 is 2.80 bits per heavy atom. The van der Waals surface area contributed by atoms with Crippen LogP contribution in [0.4, 0.5) is 4.39 Å². The van der Waals surface area contributed by atoms with Gasteiger partial charge in [-0.25, -0.2) is 4.39 Å². The van der Waals surface area contributed by atoms with E-state index in [0.717, 1.165) is 18.4 Å². The van der Waals surface area contributed by atoms with Crippen molar-refractivity contribution in [3.8, 4) is 0 Å². The molecule has 0 aliphatic heterocycles. The summed E-state index contributed by atoms with van der Waals surface area (Å²) in [5.74, 6) is 0.450. The first kappa shape index (κ1) is 11.4. The van der Waals surface area contributed by atoms with E-state index in [4.69, 9.17) is 11.6 Å². The number of rotatable bonds is 2. The Labute approximate surface area is 103 Å². The molecule has 0 aromatic heterocycles. The molecule has 1 aromatic rings. The average molecular weight is 292 g/mol. The first-order valence-electron chi connectivity index (χ1n) is 5.23. The summed E-state index contributed by atoms with van der Waals surface area (Å²) in [6, 6.07) is 4.97. The van der Waals surface area contributed by atoms with Crippen LogP contribution in [0.5, 0.6) is 0 Å². The highest BCUT2D eigenvalue weighted by Gasteiger charge is 2.23. The van der Waals surface area contributed by atoms with Gasteiger partial charge in [-0.05, 0) is 49.3 Å². The van der Waals surface area contributed by atoms with Crippen LogP contribution in [0.25, 0.3) is 0 Å². The lowest BCUT2D eigenvalue weighted by Gasteiger charge is -2.10. The molecule has 1 aliphatic carbocycles. The van der Waals surface area contributed by atoms with Gasteiger partial charge in [-0.2, -0.15) is 0 Å². The van der Waals surface area contributed by atoms with Crippen molar-refractivity contribution in [2.24, 2.45) is 5.92 Å². The van der Waals surface area contributed by atoms with Crippen molar-refractivity contribution in [1.82, 2.24) is 0 Å². The lowest BCUT2D eigenvalue weighted by Crippen LogP contribution is -2.02. The van der Waals surface area contributed by atoms with Gasteiger partial charge in [-0.15, -0.1) is 0 Å². The molecule has 2 atom stereocenters. The fourth-order valence-electron chi connectivity index (χ4n) is 2.20. The van der Waals surface area contributed by atoms with Crippen LogP contribution in [0.1, 0.15) is 24.8 Å². The van der Waals surface area contributed by atoms with Crippen molar-refractivity contribution >= 4 is 27.5 Å². The minimum atomic E-state index is -0.166. The van der Waals surface area contributed by atoms with Gasteiger partial charge in [0.1, 0.15) is 5.82 Å². The zero-order valence-corrected chi connectivity index (χ0v) is 10.7. The van der Waals surface area contributed by atoms with Crippen molar-refractivity contribution in [3.05, 3.63) is 34.6 Å². The zero-order valence-electron chi connectivity index (χ0n) is 8.35. The molecule has 0 bridgehead atoms. The molecular formula is C12H13BrClF. The van der Waals surface area contributed by atoms with Crippen LogP contribution in [-0.2, 0) is 6.42 Å². The molecule has 2 unspecified atom stereocenters. The van der Waals surface area contributed by atoms with E-state index in [0.29, 0.717) is 15.8 Å². The summed E-state index contributed by atoms with van der Waals surface area (Å²) < 4.78 is 13.5. The van der Waals surface area contributed by atoms with E-state index < -0.39 is 0 Å². The first-order valence-corrected chi connectivity index (χ1v) is 6.52. The fraction of sp³-hybridized carbons (Fsp3) is 0.500. The Bertz CT molecular complexity index is 353. The summed E-state index contributed by atoms with van der Waals surface area (Å²) in [4.78, 5) is 0.623. The molecule has 0 heterocycles. The normalized spacial score (nSPS) is 25.8. The van der Waals surface area contributed by atoms with Gasteiger partial charge in [0.15, 0.2) is 0 Å². The predicted molar refractivity (Wildman–Crippen MR) is 65.2 cm³/mol. The van der Waals surface area contributed by atoms with Crippen molar-refractivity contribution in [3.63, 3.8) is 0 Å². The van der Waals surface area contributed by atoms with Gasteiger partial charge in [0.2, 0.25) is 0 Å². The second-order valence-corrected chi connectivity index (χ2v) is 5.95. The molecule has 0 saturated heterocycles. The van der Waals surface area contributed by atoms with Crippen LogP contribution < -0.4 is 0 Å². The first-order chi connectivity index (χ1) is 7.15. The van der Waals surface area contributed by atoms with E-state index in [1.165, 1.54) is 18.9 Å². The Morgan fingerprint density at radius 2 is 2.20 bits per heavy atom. The summed E-state index contributed by atoms with van der Waals surface area (Å²) in [5, 5.41) is 0.473. The maximum absolute atomic E-state index is 13.5. The van der Waals surface area contributed by atoms with Gasteiger partial charge in [0.25, 0.3) is 0 Å². The molecule has 1 aliphatic rings. The van der Waals surface area contributed by atoms with Crippen LogP contribution >= 0.6 is 27.5 Å². The molecule has 1 aromatic carbocycles. The number of hydrogen-bond donors (Lipinski definition) is 0. The molecule has 0 radical (unpaired) electrons. The Morgan fingerprint density at radius 1 is 1.40 bits per heavy atom. The van der Waals surface area contributed by atoms with Gasteiger partial charge in [0, 0.05) is 9.85 Å². The van der Waals surface area contributed by atoms with Crippen molar-refractivity contribution in [2.45, 2.75) is 30.5 Å². The third-order valence-electron chi connectivity index (χ3n) is 3.00. The maximum atomic E-state index is 13.5. The lowest BCUT2D eigenvalue weighted by atomic mass is 9.98. The average Bonchev–Trinajstić information content (AvgIpc) is 2.56. The second-order valence-electron chi connectivity index (χ2n) is 4.22. The Balaban J connectivity index is 2.04. The van der Waals surface area contributed by atoms with Crippen molar-refractivity contribution in [2.75, 3.05) is 0 Å². The monoisotopic (exact) mass is 290 g/mol. The smallest absolute Gasteiger partial charge is 0.127 e. The van der Waals surface area contributed by atoms with Gasteiger partial charge in [-0.3, -0.25) is 0 Å². The van der Waals surface area contributed by atoms with E-state index in [9.17, 15) is 4.39 Å². The summed E-state index contributed by atoms with van der Waals surface area (Å²) in [6.45, 7) is 0. The van der Waals surface area contributed by atoms with Crippen LogP contribution in [-0.4, -0.2) is 4.83 Å². The van der Waals surface area contributed by atoms with E-state index in [1.54, 1.807) is 12.1 Å². The second kappa shape index (κ2) is 4.84. The third-order valence-corrected chi connectivity index (χ3v) is 4.07. The molecule has 0 nitrogen and oxygen atoms in total. The molecule has 0 N–H and O–H groups in total.